The Balaban J connectivity index is 1.73. The Bertz CT molecular complexity index is 878. The maximum Gasteiger partial charge on any atom is 0.254 e. The molecule has 6 heteroatoms. The van der Waals surface area contributed by atoms with Gasteiger partial charge in [0.2, 0.25) is 0 Å². The summed E-state index contributed by atoms with van der Waals surface area (Å²) in [4.78, 5) is 12.5. The number of carbonyl (C=O) groups excluding carboxylic acids is 1. The number of hydrogen-bond acceptors (Lipinski definition) is 4. The van der Waals surface area contributed by atoms with Gasteiger partial charge in [-0.05, 0) is 45.0 Å². The predicted octanol–water partition coefficient (Wildman–Crippen LogP) is 2.72. The molecule has 2 aromatic heterocycles. The number of para-hydroxylation sites is 1. The Morgan fingerprint density at radius 1 is 1.24 bits per heavy atom. The Kier molecular flexibility index (Phi) is 4.46. The normalized spacial score (nSPS) is 13.4. The van der Waals surface area contributed by atoms with Crippen molar-refractivity contribution in [2.24, 2.45) is 0 Å². The number of aliphatic hydroxyl groups is 1. The average Bonchev–Trinajstić information content (AvgIpc) is 3.20. The fourth-order valence-corrected chi connectivity index (χ4v) is 2.62. The average molecular weight is 339 g/mol. The highest BCUT2D eigenvalue weighted by atomic mass is 16.4. The lowest BCUT2D eigenvalue weighted by atomic mass is 10.0. The van der Waals surface area contributed by atoms with Crippen LogP contribution in [-0.4, -0.2) is 27.3 Å². The summed E-state index contributed by atoms with van der Waals surface area (Å²) in [7, 11) is 0. The number of amides is 1. The first-order valence-electron chi connectivity index (χ1n) is 8.06. The third-order valence-corrected chi connectivity index (χ3v) is 4.12. The lowest BCUT2D eigenvalue weighted by Gasteiger charge is -2.21. The van der Waals surface area contributed by atoms with E-state index >= 15 is 0 Å². The molecule has 1 amide bonds. The van der Waals surface area contributed by atoms with Crippen LogP contribution in [0.15, 0.2) is 53.1 Å². The highest BCUT2D eigenvalue weighted by Crippen LogP contribution is 2.22. The van der Waals surface area contributed by atoms with Crippen molar-refractivity contribution < 1.29 is 14.3 Å². The Hall–Kier alpha value is -2.86. The fraction of sp³-hybridized carbons (Fsp3) is 0.263. The van der Waals surface area contributed by atoms with E-state index in [-0.39, 0.29) is 12.5 Å². The number of nitrogens with zero attached hydrogens (tertiary/aromatic N) is 2. The van der Waals surface area contributed by atoms with Crippen LogP contribution in [0.4, 0.5) is 0 Å². The number of aryl methyl sites for hydroxylation is 1. The third kappa shape index (κ3) is 3.49. The monoisotopic (exact) mass is 339 g/mol. The molecule has 3 rings (SSSR count). The minimum absolute atomic E-state index is 0.0365. The van der Waals surface area contributed by atoms with Gasteiger partial charge in [0.15, 0.2) is 0 Å². The molecule has 0 spiro atoms. The fourth-order valence-electron chi connectivity index (χ4n) is 2.62. The van der Waals surface area contributed by atoms with E-state index < -0.39 is 5.60 Å². The number of nitrogens with one attached hydrogen (secondary N) is 1. The molecular formula is C19H21N3O3. The van der Waals surface area contributed by atoms with Crippen LogP contribution >= 0.6 is 0 Å². The number of benzene rings is 1. The second-order valence-electron chi connectivity index (χ2n) is 6.26. The first-order chi connectivity index (χ1) is 11.9. The van der Waals surface area contributed by atoms with Crippen LogP contribution in [0.25, 0.3) is 5.69 Å². The number of hydrogen-bond donors (Lipinski definition) is 2. The molecule has 3 aromatic rings. The lowest BCUT2D eigenvalue weighted by Crippen LogP contribution is -2.38. The van der Waals surface area contributed by atoms with E-state index in [1.54, 1.807) is 30.7 Å². The molecule has 1 aromatic carbocycles. The number of carbonyl (C=O) groups is 1. The van der Waals surface area contributed by atoms with Crippen molar-refractivity contribution in [3.05, 3.63) is 71.4 Å². The smallest absolute Gasteiger partial charge is 0.254 e. The van der Waals surface area contributed by atoms with Crippen LogP contribution in [0.2, 0.25) is 0 Å². The Morgan fingerprint density at radius 2 is 1.96 bits per heavy atom. The van der Waals surface area contributed by atoms with E-state index in [1.807, 2.05) is 37.3 Å². The van der Waals surface area contributed by atoms with E-state index in [9.17, 15) is 9.90 Å². The van der Waals surface area contributed by atoms with Crippen molar-refractivity contribution in [2.75, 3.05) is 6.54 Å². The second kappa shape index (κ2) is 6.57. The molecule has 0 aliphatic carbocycles. The summed E-state index contributed by atoms with van der Waals surface area (Å²) in [6.07, 6.45) is 1.53. The van der Waals surface area contributed by atoms with Gasteiger partial charge in [-0.2, -0.15) is 5.10 Å². The Morgan fingerprint density at radius 3 is 2.60 bits per heavy atom. The zero-order valence-corrected chi connectivity index (χ0v) is 14.5. The van der Waals surface area contributed by atoms with Crippen LogP contribution in [0.3, 0.4) is 0 Å². The van der Waals surface area contributed by atoms with E-state index in [1.165, 1.54) is 6.20 Å². The third-order valence-electron chi connectivity index (χ3n) is 4.12. The maximum absolute atomic E-state index is 12.5. The van der Waals surface area contributed by atoms with Crippen LogP contribution in [0.5, 0.6) is 0 Å². The van der Waals surface area contributed by atoms with E-state index in [0.717, 1.165) is 11.4 Å². The van der Waals surface area contributed by atoms with Crippen molar-refractivity contribution >= 4 is 5.91 Å². The summed E-state index contributed by atoms with van der Waals surface area (Å²) in [6, 6.07) is 13.1. The quantitative estimate of drug-likeness (QED) is 0.749. The first kappa shape index (κ1) is 17.0. The van der Waals surface area contributed by atoms with Gasteiger partial charge in [-0.25, -0.2) is 4.68 Å². The van der Waals surface area contributed by atoms with Gasteiger partial charge in [-0.3, -0.25) is 4.79 Å². The molecular weight excluding hydrogens is 318 g/mol. The molecule has 130 valence electrons. The molecule has 2 N–H and O–H groups in total. The summed E-state index contributed by atoms with van der Waals surface area (Å²) in [5.41, 5.74) is 0.803. The van der Waals surface area contributed by atoms with E-state index in [4.69, 9.17) is 4.42 Å². The van der Waals surface area contributed by atoms with Gasteiger partial charge in [-0.1, -0.05) is 18.2 Å². The summed E-state index contributed by atoms with van der Waals surface area (Å²) < 4.78 is 7.17. The van der Waals surface area contributed by atoms with Crippen molar-refractivity contribution in [2.45, 2.75) is 26.4 Å². The van der Waals surface area contributed by atoms with Gasteiger partial charge in [0.05, 0.1) is 29.7 Å². The van der Waals surface area contributed by atoms with E-state index in [2.05, 4.69) is 10.4 Å². The SMILES string of the molecule is Cc1ccc(C(C)(O)CNC(=O)c2cnn(-c3ccccc3)c2C)o1. The molecule has 0 saturated heterocycles. The van der Waals surface area contributed by atoms with Crippen molar-refractivity contribution in [1.29, 1.82) is 0 Å². The summed E-state index contributed by atoms with van der Waals surface area (Å²) in [5, 5.41) is 17.6. The zero-order chi connectivity index (χ0) is 18.0. The van der Waals surface area contributed by atoms with E-state index in [0.29, 0.717) is 17.1 Å². The summed E-state index contributed by atoms with van der Waals surface area (Å²) in [6.45, 7) is 5.28. The highest BCUT2D eigenvalue weighted by molar-refractivity contribution is 5.95. The van der Waals surface area contributed by atoms with Gasteiger partial charge in [0, 0.05) is 0 Å². The predicted molar refractivity (Wildman–Crippen MR) is 93.7 cm³/mol. The van der Waals surface area contributed by atoms with Crippen LogP contribution in [-0.2, 0) is 5.60 Å². The van der Waals surface area contributed by atoms with Gasteiger partial charge < -0.3 is 14.8 Å². The van der Waals surface area contributed by atoms with Crippen molar-refractivity contribution in [3.8, 4) is 5.69 Å². The van der Waals surface area contributed by atoms with Crippen molar-refractivity contribution in [1.82, 2.24) is 15.1 Å². The van der Waals surface area contributed by atoms with Crippen LogP contribution in [0.1, 0.15) is 34.5 Å². The standard InChI is InChI=1S/C19H21N3O3/c1-13-9-10-17(25-13)19(3,24)12-20-18(23)16-11-21-22(14(16)2)15-7-5-4-6-8-15/h4-11,24H,12H2,1-3H3,(H,20,23). The molecule has 0 radical (unpaired) electrons. The topological polar surface area (TPSA) is 80.3 Å². The molecule has 2 heterocycles. The molecule has 0 fully saturated rings. The highest BCUT2D eigenvalue weighted by Gasteiger charge is 2.28. The number of rotatable bonds is 5. The van der Waals surface area contributed by atoms with Crippen molar-refractivity contribution in [3.63, 3.8) is 0 Å². The van der Waals surface area contributed by atoms with Gasteiger partial charge in [0.25, 0.3) is 5.91 Å². The maximum atomic E-state index is 12.5. The largest absolute Gasteiger partial charge is 0.463 e. The molecule has 1 atom stereocenters. The molecule has 0 aliphatic rings. The molecule has 0 aliphatic heterocycles. The lowest BCUT2D eigenvalue weighted by molar-refractivity contribution is 0.0323. The van der Waals surface area contributed by atoms with Crippen LogP contribution < -0.4 is 5.32 Å². The first-order valence-corrected chi connectivity index (χ1v) is 8.06. The zero-order valence-electron chi connectivity index (χ0n) is 14.5. The van der Waals surface area contributed by atoms with Gasteiger partial charge >= 0.3 is 0 Å². The summed E-state index contributed by atoms with van der Waals surface area (Å²) in [5.74, 6) is 0.840. The molecule has 25 heavy (non-hydrogen) atoms. The number of aromatic nitrogens is 2. The number of furan rings is 1. The second-order valence-corrected chi connectivity index (χ2v) is 6.26. The van der Waals surface area contributed by atoms with Gasteiger partial charge in [0.1, 0.15) is 17.1 Å². The summed E-state index contributed by atoms with van der Waals surface area (Å²) >= 11 is 0. The molecule has 1 unspecified atom stereocenters. The molecule has 0 saturated carbocycles. The van der Waals surface area contributed by atoms with Gasteiger partial charge in [-0.15, -0.1) is 0 Å². The molecule has 6 nitrogen and oxygen atoms in total. The van der Waals surface area contributed by atoms with Crippen LogP contribution in [0, 0.1) is 13.8 Å². The Labute approximate surface area is 146 Å². The molecule has 0 bridgehead atoms. The minimum Gasteiger partial charge on any atom is -0.463 e. The minimum atomic E-state index is -1.28.